The van der Waals surface area contributed by atoms with Gasteiger partial charge in [0, 0.05) is 0 Å². The Kier molecular flexibility index (Phi) is 4.93. The Morgan fingerprint density at radius 1 is 1.53 bits per heavy atom. The Balaban J connectivity index is 2.63. The lowest BCUT2D eigenvalue weighted by molar-refractivity contribution is -0.145. The van der Waals surface area contributed by atoms with E-state index in [0.717, 1.165) is 32.2 Å². The third kappa shape index (κ3) is 3.19. The van der Waals surface area contributed by atoms with Crippen LogP contribution in [0.15, 0.2) is 0 Å². The van der Waals surface area contributed by atoms with Gasteiger partial charge in [-0.1, -0.05) is 13.3 Å². The molecular weight excluding hydrogens is 220 g/mol. The highest BCUT2D eigenvalue weighted by molar-refractivity contribution is 5.90. The van der Waals surface area contributed by atoms with Gasteiger partial charge in [-0.2, -0.15) is 0 Å². The van der Waals surface area contributed by atoms with Gasteiger partial charge in [0.05, 0.1) is 12.6 Å². The molecule has 1 heterocycles. The van der Waals surface area contributed by atoms with E-state index in [4.69, 9.17) is 0 Å². The number of methoxy groups -OCH3 is 1. The molecule has 0 saturated carbocycles. The van der Waals surface area contributed by atoms with E-state index >= 15 is 0 Å². The third-order valence-electron chi connectivity index (χ3n) is 3.26. The minimum absolute atomic E-state index is 0.0882. The van der Waals surface area contributed by atoms with Crippen molar-refractivity contribution in [3.8, 4) is 0 Å². The minimum atomic E-state index is -0.594. The second kappa shape index (κ2) is 6.00. The summed E-state index contributed by atoms with van der Waals surface area (Å²) in [4.78, 5) is 23.5. The third-order valence-corrected chi connectivity index (χ3v) is 3.26. The van der Waals surface area contributed by atoms with Gasteiger partial charge in [0.15, 0.2) is 0 Å². The van der Waals surface area contributed by atoms with Gasteiger partial charge in [-0.15, -0.1) is 0 Å². The van der Waals surface area contributed by atoms with Crippen LogP contribution in [0.1, 0.15) is 39.5 Å². The minimum Gasteiger partial charge on any atom is -0.467 e. The van der Waals surface area contributed by atoms with Crippen molar-refractivity contribution < 1.29 is 14.3 Å². The summed E-state index contributed by atoms with van der Waals surface area (Å²) in [5, 5.41) is 5.99. The SMILES string of the molecule is CCCC1(C(=O)N[C@@H](C)C(=O)OC)CCCN1. The lowest BCUT2D eigenvalue weighted by atomic mass is 9.90. The van der Waals surface area contributed by atoms with Gasteiger partial charge in [0.2, 0.25) is 5.91 Å². The molecule has 0 aromatic rings. The van der Waals surface area contributed by atoms with E-state index in [1.807, 2.05) is 0 Å². The van der Waals surface area contributed by atoms with Gasteiger partial charge < -0.3 is 15.4 Å². The first-order valence-corrected chi connectivity index (χ1v) is 6.19. The summed E-state index contributed by atoms with van der Waals surface area (Å²) in [6, 6.07) is -0.594. The van der Waals surface area contributed by atoms with Crippen LogP contribution in [0.3, 0.4) is 0 Å². The van der Waals surface area contributed by atoms with Gasteiger partial charge in [-0.3, -0.25) is 4.79 Å². The fraction of sp³-hybridized carbons (Fsp3) is 0.833. The van der Waals surface area contributed by atoms with Crippen LogP contribution in [-0.4, -0.2) is 37.1 Å². The highest BCUT2D eigenvalue weighted by atomic mass is 16.5. The molecule has 1 aliphatic heterocycles. The van der Waals surface area contributed by atoms with Crippen molar-refractivity contribution in [1.29, 1.82) is 0 Å². The topological polar surface area (TPSA) is 67.4 Å². The lowest BCUT2D eigenvalue weighted by Crippen LogP contribution is -2.56. The molecule has 1 aliphatic rings. The van der Waals surface area contributed by atoms with Crippen LogP contribution in [0, 0.1) is 0 Å². The Morgan fingerprint density at radius 2 is 2.24 bits per heavy atom. The van der Waals surface area contributed by atoms with Gasteiger partial charge in [-0.25, -0.2) is 4.79 Å². The normalized spacial score (nSPS) is 25.4. The summed E-state index contributed by atoms with van der Waals surface area (Å²) >= 11 is 0. The van der Waals surface area contributed by atoms with Crippen molar-refractivity contribution in [2.75, 3.05) is 13.7 Å². The summed E-state index contributed by atoms with van der Waals surface area (Å²) in [5.41, 5.74) is -0.489. The molecule has 1 rings (SSSR count). The molecule has 0 radical (unpaired) electrons. The van der Waals surface area contributed by atoms with Crippen molar-refractivity contribution in [3.63, 3.8) is 0 Å². The standard InChI is InChI=1S/C12H22N2O3/c1-4-6-12(7-5-8-13-12)11(16)14-9(2)10(15)17-3/h9,13H,4-8H2,1-3H3,(H,14,16)/t9-,12?/m0/s1. The fourth-order valence-electron chi connectivity index (χ4n) is 2.32. The fourth-order valence-corrected chi connectivity index (χ4v) is 2.32. The van der Waals surface area contributed by atoms with E-state index in [1.54, 1.807) is 6.92 Å². The molecule has 2 N–H and O–H groups in total. The molecule has 5 nitrogen and oxygen atoms in total. The van der Waals surface area contributed by atoms with Crippen LogP contribution < -0.4 is 10.6 Å². The van der Waals surface area contributed by atoms with Crippen molar-refractivity contribution in [3.05, 3.63) is 0 Å². The molecule has 2 atom stereocenters. The van der Waals surface area contributed by atoms with Crippen molar-refractivity contribution >= 4 is 11.9 Å². The van der Waals surface area contributed by atoms with Gasteiger partial charge in [-0.05, 0) is 32.7 Å². The van der Waals surface area contributed by atoms with Crippen molar-refractivity contribution in [2.45, 2.75) is 51.1 Å². The molecule has 1 saturated heterocycles. The first-order valence-electron chi connectivity index (χ1n) is 6.19. The first kappa shape index (κ1) is 14.0. The molecule has 0 aromatic carbocycles. The molecule has 0 spiro atoms. The van der Waals surface area contributed by atoms with Gasteiger partial charge >= 0.3 is 5.97 Å². The number of carbonyl (C=O) groups excluding carboxylic acids is 2. The molecule has 0 bridgehead atoms. The first-order chi connectivity index (χ1) is 8.05. The molecule has 17 heavy (non-hydrogen) atoms. The summed E-state index contributed by atoms with van der Waals surface area (Å²) < 4.78 is 4.59. The van der Waals surface area contributed by atoms with Gasteiger partial charge in [0.25, 0.3) is 0 Å². The van der Waals surface area contributed by atoms with E-state index in [1.165, 1.54) is 7.11 Å². The van der Waals surface area contributed by atoms with Crippen LogP contribution in [0.5, 0.6) is 0 Å². The van der Waals surface area contributed by atoms with Crippen LogP contribution in [0.25, 0.3) is 0 Å². The number of esters is 1. The maximum Gasteiger partial charge on any atom is 0.328 e. The Hall–Kier alpha value is -1.10. The zero-order valence-corrected chi connectivity index (χ0v) is 10.8. The highest BCUT2D eigenvalue weighted by Gasteiger charge is 2.40. The molecule has 1 unspecified atom stereocenters. The molecular formula is C12H22N2O3. The lowest BCUT2D eigenvalue weighted by Gasteiger charge is -2.29. The number of hydrogen-bond acceptors (Lipinski definition) is 4. The quantitative estimate of drug-likeness (QED) is 0.692. The molecule has 98 valence electrons. The summed E-state index contributed by atoms with van der Waals surface area (Å²) in [6.07, 6.45) is 3.57. The zero-order chi connectivity index (χ0) is 12.9. The van der Waals surface area contributed by atoms with E-state index in [-0.39, 0.29) is 5.91 Å². The van der Waals surface area contributed by atoms with E-state index in [2.05, 4.69) is 22.3 Å². The second-order valence-corrected chi connectivity index (χ2v) is 4.58. The molecule has 1 fully saturated rings. The van der Waals surface area contributed by atoms with Crippen LogP contribution in [0.2, 0.25) is 0 Å². The molecule has 0 aromatic heterocycles. The number of amides is 1. The monoisotopic (exact) mass is 242 g/mol. The van der Waals surface area contributed by atoms with E-state index < -0.39 is 17.6 Å². The van der Waals surface area contributed by atoms with Crippen molar-refractivity contribution in [2.24, 2.45) is 0 Å². The summed E-state index contributed by atoms with van der Waals surface area (Å²) in [7, 11) is 1.32. The average molecular weight is 242 g/mol. The largest absolute Gasteiger partial charge is 0.467 e. The Bertz CT molecular complexity index is 285. The van der Waals surface area contributed by atoms with E-state index in [9.17, 15) is 9.59 Å². The summed E-state index contributed by atoms with van der Waals surface area (Å²) in [6.45, 7) is 4.55. The molecule has 0 aliphatic carbocycles. The van der Waals surface area contributed by atoms with Crippen molar-refractivity contribution in [1.82, 2.24) is 10.6 Å². The molecule has 1 amide bonds. The van der Waals surface area contributed by atoms with E-state index in [0.29, 0.717) is 0 Å². The van der Waals surface area contributed by atoms with Crippen LogP contribution >= 0.6 is 0 Å². The molecule has 5 heteroatoms. The number of carbonyl (C=O) groups is 2. The van der Waals surface area contributed by atoms with Crippen LogP contribution in [0.4, 0.5) is 0 Å². The maximum atomic E-state index is 12.2. The predicted molar refractivity (Wildman–Crippen MR) is 64.5 cm³/mol. The van der Waals surface area contributed by atoms with Gasteiger partial charge in [0.1, 0.15) is 6.04 Å². The second-order valence-electron chi connectivity index (χ2n) is 4.58. The predicted octanol–water partition coefficient (Wildman–Crippen LogP) is 0.586. The Morgan fingerprint density at radius 3 is 2.71 bits per heavy atom. The Labute approximate surface area is 102 Å². The number of nitrogens with one attached hydrogen (secondary N) is 2. The number of hydrogen-bond donors (Lipinski definition) is 2. The van der Waals surface area contributed by atoms with Crippen LogP contribution in [-0.2, 0) is 14.3 Å². The smallest absolute Gasteiger partial charge is 0.328 e. The number of rotatable bonds is 5. The summed E-state index contributed by atoms with van der Waals surface area (Å²) in [5.74, 6) is -0.502. The average Bonchev–Trinajstić information content (AvgIpc) is 2.78. The number of ether oxygens (including phenoxy) is 1. The highest BCUT2D eigenvalue weighted by Crippen LogP contribution is 2.25. The maximum absolute atomic E-state index is 12.2. The zero-order valence-electron chi connectivity index (χ0n) is 10.8.